The van der Waals surface area contributed by atoms with Crippen LogP contribution in [0.2, 0.25) is 0 Å². The largest absolute Gasteiger partial charge is 0.349 e. The van der Waals surface area contributed by atoms with Crippen molar-refractivity contribution in [3.63, 3.8) is 0 Å². The van der Waals surface area contributed by atoms with Crippen molar-refractivity contribution in [1.82, 2.24) is 19.6 Å². The van der Waals surface area contributed by atoms with Crippen molar-refractivity contribution >= 4 is 23.6 Å². The van der Waals surface area contributed by atoms with Crippen molar-refractivity contribution in [2.45, 2.75) is 27.7 Å². The molecule has 0 radical (unpaired) electrons. The summed E-state index contributed by atoms with van der Waals surface area (Å²) in [6, 6.07) is 0. The van der Waals surface area contributed by atoms with Crippen LogP contribution >= 0.6 is 0 Å². The molecule has 0 aliphatic rings. The molecule has 0 atom stereocenters. The van der Waals surface area contributed by atoms with Crippen LogP contribution in [0.5, 0.6) is 0 Å². The molecule has 24 heavy (non-hydrogen) atoms. The highest BCUT2D eigenvalue weighted by Gasteiger charge is 1.89. The van der Waals surface area contributed by atoms with E-state index >= 15 is 0 Å². The Labute approximate surface area is 147 Å². The second kappa shape index (κ2) is 17.2. The molecule has 0 N–H and O–H groups in total. The normalized spacial score (nSPS) is 7.83. The molecule has 0 rings (SSSR count). The van der Waals surface area contributed by atoms with Gasteiger partial charge in [-0.15, -0.1) is 0 Å². The summed E-state index contributed by atoms with van der Waals surface area (Å²) in [5.41, 5.74) is 0. The lowest BCUT2D eigenvalue weighted by Crippen LogP contribution is -2.17. The summed E-state index contributed by atoms with van der Waals surface area (Å²) < 4.78 is 0. The van der Waals surface area contributed by atoms with Gasteiger partial charge in [0, 0.05) is 84.1 Å². The quantitative estimate of drug-likeness (QED) is 0.634. The van der Waals surface area contributed by atoms with E-state index in [-0.39, 0.29) is 23.6 Å². The van der Waals surface area contributed by atoms with Gasteiger partial charge < -0.3 is 19.6 Å². The average molecular weight is 348 g/mol. The van der Waals surface area contributed by atoms with E-state index in [2.05, 4.69) is 0 Å². The smallest absolute Gasteiger partial charge is 0.218 e. The van der Waals surface area contributed by atoms with Crippen molar-refractivity contribution in [3.8, 4) is 0 Å². The number of hydrogen-bond acceptors (Lipinski definition) is 4. The van der Waals surface area contributed by atoms with Gasteiger partial charge in [-0.05, 0) is 0 Å². The summed E-state index contributed by atoms with van der Waals surface area (Å²) in [7, 11) is 13.8. The fourth-order valence-corrected chi connectivity index (χ4v) is 0. The van der Waals surface area contributed by atoms with Gasteiger partial charge in [0.25, 0.3) is 0 Å². The van der Waals surface area contributed by atoms with Crippen LogP contribution in [-0.2, 0) is 19.2 Å². The fourth-order valence-electron chi connectivity index (χ4n) is 0. The molecule has 144 valence electrons. The Bertz CT molecular complexity index is 306. The van der Waals surface area contributed by atoms with Gasteiger partial charge >= 0.3 is 0 Å². The van der Waals surface area contributed by atoms with E-state index < -0.39 is 0 Å². The van der Waals surface area contributed by atoms with E-state index in [1.54, 1.807) is 56.4 Å². The highest BCUT2D eigenvalue weighted by molar-refractivity contribution is 5.73. The summed E-state index contributed by atoms with van der Waals surface area (Å²) in [5.74, 6) is 0.370. The summed E-state index contributed by atoms with van der Waals surface area (Å²) in [6.07, 6.45) is 0. The van der Waals surface area contributed by atoms with Crippen LogP contribution in [-0.4, -0.2) is 99.6 Å². The molecular formula is C16H36N4O4. The predicted molar refractivity (Wildman–Crippen MR) is 97.5 cm³/mol. The Morgan fingerprint density at radius 2 is 0.417 bits per heavy atom. The maximum absolute atomic E-state index is 10.1. The first-order valence-electron chi connectivity index (χ1n) is 7.29. The third-order valence-electron chi connectivity index (χ3n) is 2.52. The molecule has 0 heterocycles. The maximum atomic E-state index is 10.1. The highest BCUT2D eigenvalue weighted by atomic mass is 16.2. The van der Waals surface area contributed by atoms with Crippen molar-refractivity contribution in [2.24, 2.45) is 0 Å². The molecule has 0 aromatic carbocycles. The minimum atomic E-state index is 0.0926. The van der Waals surface area contributed by atoms with Crippen LogP contribution in [0.15, 0.2) is 0 Å². The topological polar surface area (TPSA) is 81.2 Å². The molecule has 0 saturated heterocycles. The number of carbonyl (C=O) groups is 4. The van der Waals surface area contributed by atoms with Gasteiger partial charge in [0.15, 0.2) is 0 Å². The highest BCUT2D eigenvalue weighted by Crippen LogP contribution is 1.71. The lowest BCUT2D eigenvalue weighted by Gasteiger charge is -2.02. The van der Waals surface area contributed by atoms with Crippen LogP contribution in [0.1, 0.15) is 27.7 Å². The standard InChI is InChI=1S/4C4H9NO/c4*1-4(6)5(2)3/h4*1-3H3. The number of nitrogens with zero attached hydrogens (tertiary/aromatic N) is 4. The van der Waals surface area contributed by atoms with Gasteiger partial charge in [0.2, 0.25) is 23.6 Å². The molecule has 0 aliphatic heterocycles. The van der Waals surface area contributed by atoms with E-state index in [9.17, 15) is 19.2 Å². The average Bonchev–Trinajstić information content (AvgIpc) is 2.40. The van der Waals surface area contributed by atoms with Crippen molar-refractivity contribution in [1.29, 1.82) is 0 Å². The molecule has 0 fully saturated rings. The lowest BCUT2D eigenvalue weighted by atomic mass is 10.7. The second-order valence-corrected chi connectivity index (χ2v) is 5.65. The van der Waals surface area contributed by atoms with Gasteiger partial charge in [0.05, 0.1) is 0 Å². The van der Waals surface area contributed by atoms with Crippen molar-refractivity contribution in [3.05, 3.63) is 0 Å². The number of carbonyl (C=O) groups excluding carboxylic acids is 4. The minimum Gasteiger partial charge on any atom is -0.349 e. The Hall–Kier alpha value is -2.12. The van der Waals surface area contributed by atoms with E-state index in [1.807, 2.05) is 0 Å². The van der Waals surface area contributed by atoms with Crippen LogP contribution in [0, 0.1) is 0 Å². The number of hydrogen-bond donors (Lipinski definition) is 0. The van der Waals surface area contributed by atoms with Gasteiger partial charge in [-0.2, -0.15) is 0 Å². The molecule has 0 aromatic rings. The number of amides is 4. The molecule has 0 aromatic heterocycles. The molecule has 0 aliphatic carbocycles. The molecule has 8 heteroatoms. The molecule has 0 unspecified atom stereocenters. The Morgan fingerprint density at radius 3 is 0.417 bits per heavy atom. The monoisotopic (exact) mass is 348 g/mol. The lowest BCUT2D eigenvalue weighted by molar-refractivity contribution is -0.127. The molecule has 0 bridgehead atoms. The summed E-state index contributed by atoms with van der Waals surface area (Å²) in [4.78, 5) is 46.4. The zero-order valence-electron chi connectivity index (χ0n) is 17.4. The van der Waals surface area contributed by atoms with Crippen LogP contribution in [0.25, 0.3) is 0 Å². The summed E-state index contributed by atoms with van der Waals surface area (Å²) in [6.45, 7) is 6.11. The fraction of sp³-hybridized carbons (Fsp3) is 0.750. The Kier molecular flexibility index (Phi) is 21.4. The Morgan fingerprint density at radius 1 is 0.375 bits per heavy atom. The van der Waals surface area contributed by atoms with Gasteiger partial charge in [0.1, 0.15) is 0 Å². The third-order valence-corrected chi connectivity index (χ3v) is 2.52. The Balaban J connectivity index is -0.000000111. The van der Waals surface area contributed by atoms with Crippen LogP contribution in [0.4, 0.5) is 0 Å². The third kappa shape index (κ3) is 36.8. The first-order chi connectivity index (χ1) is 10.6. The van der Waals surface area contributed by atoms with Gasteiger partial charge in [-0.3, -0.25) is 19.2 Å². The van der Waals surface area contributed by atoms with E-state index in [0.717, 1.165) is 0 Å². The molecule has 0 spiro atoms. The van der Waals surface area contributed by atoms with E-state index in [1.165, 1.54) is 47.3 Å². The predicted octanol–water partition coefficient (Wildman–Crippen LogP) is 0.378. The van der Waals surface area contributed by atoms with E-state index in [4.69, 9.17) is 0 Å². The van der Waals surface area contributed by atoms with Crippen LogP contribution < -0.4 is 0 Å². The first kappa shape index (κ1) is 29.8. The zero-order valence-corrected chi connectivity index (χ0v) is 17.4. The maximum Gasteiger partial charge on any atom is 0.218 e. The van der Waals surface area contributed by atoms with Crippen molar-refractivity contribution in [2.75, 3.05) is 56.4 Å². The SMILES string of the molecule is CC(=O)N(C)C.CC(=O)N(C)C.CC(=O)N(C)C.CC(=O)N(C)C. The first-order valence-corrected chi connectivity index (χ1v) is 7.29. The van der Waals surface area contributed by atoms with Crippen LogP contribution in [0.3, 0.4) is 0 Å². The zero-order chi connectivity index (χ0) is 20.6. The molecule has 4 amide bonds. The van der Waals surface area contributed by atoms with Gasteiger partial charge in [-0.25, -0.2) is 0 Å². The minimum absolute atomic E-state index is 0.0926. The second-order valence-electron chi connectivity index (χ2n) is 5.65. The molecule has 0 saturated carbocycles. The molecular weight excluding hydrogens is 312 g/mol. The van der Waals surface area contributed by atoms with Crippen molar-refractivity contribution < 1.29 is 19.2 Å². The molecule has 8 nitrogen and oxygen atoms in total. The summed E-state index contributed by atoms with van der Waals surface area (Å²) >= 11 is 0. The van der Waals surface area contributed by atoms with Gasteiger partial charge in [-0.1, -0.05) is 0 Å². The number of rotatable bonds is 0. The van der Waals surface area contributed by atoms with E-state index in [0.29, 0.717) is 0 Å². The summed E-state index contributed by atoms with van der Waals surface area (Å²) in [5, 5.41) is 0.